The topological polar surface area (TPSA) is 55.0 Å². The Bertz CT molecular complexity index is 367. The van der Waals surface area contributed by atoms with E-state index in [1.807, 2.05) is 23.7 Å². The second-order valence-corrected chi connectivity index (χ2v) is 4.72. The Hall–Kier alpha value is -0.810. The van der Waals surface area contributed by atoms with Crippen LogP contribution in [0.25, 0.3) is 0 Å². The second kappa shape index (κ2) is 4.37. The number of rotatable bonds is 3. The average Bonchev–Trinajstić information content (AvgIpc) is 2.66. The van der Waals surface area contributed by atoms with Crippen LogP contribution >= 0.6 is 11.8 Å². The minimum absolute atomic E-state index is 0.630. The molecule has 0 aliphatic carbocycles. The van der Waals surface area contributed by atoms with Crippen LogP contribution in [0.5, 0.6) is 0 Å². The molecule has 0 amide bonds. The number of nitrogens with zero attached hydrogens (tertiary/aromatic N) is 3. The lowest BCUT2D eigenvalue weighted by Crippen LogP contribution is -2.27. The van der Waals surface area contributed by atoms with E-state index in [9.17, 15) is 0 Å². The number of hydrogen-bond donors (Lipinski definition) is 1. The van der Waals surface area contributed by atoms with Gasteiger partial charge in [0.05, 0.1) is 5.69 Å². The molecule has 0 bridgehead atoms. The van der Waals surface area contributed by atoms with E-state index >= 15 is 0 Å². The molecule has 1 aromatic rings. The molecule has 1 aliphatic heterocycles. The van der Waals surface area contributed by atoms with Crippen molar-refractivity contribution in [2.75, 3.05) is 25.0 Å². The number of fused-ring (bicyclic) bond motifs is 1. The van der Waals surface area contributed by atoms with Gasteiger partial charge in [-0.15, -0.1) is 0 Å². The second-order valence-electron chi connectivity index (χ2n) is 3.74. The molecule has 1 aromatic heterocycles. The molecule has 0 spiro atoms. The molecule has 2 rings (SSSR count). The standard InChI is InChI=1S/C10H16N4S/c1-7-8-5-15-6-9(8)13-10(12-7)14(2)4-3-11/h3-6,11H2,1-2H3. The SMILES string of the molecule is Cc1nc(N(C)CCN)nc2c1CSC2. The van der Waals surface area contributed by atoms with Gasteiger partial charge in [0.1, 0.15) is 0 Å². The van der Waals surface area contributed by atoms with E-state index in [1.54, 1.807) is 0 Å². The predicted octanol–water partition coefficient (Wildman–Crippen LogP) is 0.927. The molecule has 0 unspecified atom stereocenters. The van der Waals surface area contributed by atoms with E-state index < -0.39 is 0 Å². The summed E-state index contributed by atoms with van der Waals surface area (Å²) in [5, 5.41) is 0. The molecule has 2 N–H and O–H groups in total. The van der Waals surface area contributed by atoms with Crippen LogP contribution in [0.2, 0.25) is 0 Å². The Balaban J connectivity index is 2.30. The highest BCUT2D eigenvalue weighted by atomic mass is 32.2. The first-order valence-corrected chi connectivity index (χ1v) is 6.23. The van der Waals surface area contributed by atoms with Crippen molar-refractivity contribution in [1.29, 1.82) is 0 Å². The lowest BCUT2D eigenvalue weighted by Gasteiger charge is -2.17. The Kier molecular flexibility index (Phi) is 3.11. The van der Waals surface area contributed by atoms with Crippen LogP contribution in [0.15, 0.2) is 0 Å². The van der Waals surface area contributed by atoms with Crippen LogP contribution in [-0.2, 0) is 11.5 Å². The largest absolute Gasteiger partial charge is 0.343 e. The first kappa shape index (κ1) is 10.7. The first-order chi connectivity index (χ1) is 7.22. The Morgan fingerprint density at radius 1 is 1.40 bits per heavy atom. The highest BCUT2D eigenvalue weighted by Crippen LogP contribution is 2.30. The maximum absolute atomic E-state index is 5.52. The lowest BCUT2D eigenvalue weighted by atomic mass is 10.2. The van der Waals surface area contributed by atoms with Crippen molar-refractivity contribution in [3.63, 3.8) is 0 Å². The van der Waals surface area contributed by atoms with E-state index in [0.29, 0.717) is 6.54 Å². The summed E-state index contributed by atoms with van der Waals surface area (Å²) >= 11 is 1.91. The van der Waals surface area contributed by atoms with Gasteiger partial charge in [-0.05, 0) is 6.92 Å². The monoisotopic (exact) mass is 224 g/mol. The molecule has 0 fully saturated rings. The lowest BCUT2D eigenvalue weighted by molar-refractivity contribution is 0.831. The molecule has 5 heteroatoms. The van der Waals surface area contributed by atoms with Crippen LogP contribution in [0.1, 0.15) is 17.0 Å². The van der Waals surface area contributed by atoms with Gasteiger partial charge in [-0.25, -0.2) is 9.97 Å². The van der Waals surface area contributed by atoms with Crippen molar-refractivity contribution in [3.05, 3.63) is 17.0 Å². The number of aromatic nitrogens is 2. The van der Waals surface area contributed by atoms with Crippen molar-refractivity contribution in [1.82, 2.24) is 9.97 Å². The van der Waals surface area contributed by atoms with Crippen molar-refractivity contribution >= 4 is 17.7 Å². The number of likely N-dealkylation sites (N-methyl/N-ethyl adjacent to an activating group) is 1. The normalized spacial score (nSPS) is 14.1. The third-order valence-electron chi connectivity index (χ3n) is 2.58. The van der Waals surface area contributed by atoms with Crippen LogP contribution < -0.4 is 10.6 Å². The smallest absolute Gasteiger partial charge is 0.225 e. The minimum Gasteiger partial charge on any atom is -0.343 e. The van der Waals surface area contributed by atoms with Gasteiger partial charge in [0, 0.05) is 42.9 Å². The zero-order valence-electron chi connectivity index (χ0n) is 9.16. The van der Waals surface area contributed by atoms with Gasteiger partial charge in [-0.1, -0.05) is 0 Å². The van der Waals surface area contributed by atoms with Gasteiger partial charge in [0.15, 0.2) is 0 Å². The quantitative estimate of drug-likeness (QED) is 0.827. The number of nitrogens with two attached hydrogens (primary N) is 1. The molecule has 0 atom stereocenters. The molecule has 0 aromatic carbocycles. The first-order valence-electron chi connectivity index (χ1n) is 5.07. The third kappa shape index (κ3) is 2.08. The molecule has 15 heavy (non-hydrogen) atoms. The van der Waals surface area contributed by atoms with Crippen LogP contribution in [0.4, 0.5) is 5.95 Å². The summed E-state index contributed by atoms with van der Waals surface area (Å²) in [6, 6.07) is 0. The minimum atomic E-state index is 0.630. The number of hydrogen-bond acceptors (Lipinski definition) is 5. The summed E-state index contributed by atoms with van der Waals surface area (Å²) in [6.45, 7) is 3.49. The molecular weight excluding hydrogens is 208 g/mol. The number of anilines is 1. The fourth-order valence-electron chi connectivity index (χ4n) is 1.66. The fourth-order valence-corrected chi connectivity index (χ4v) is 2.77. The van der Waals surface area contributed by atoms with Gasteiger partial charge in [0.25, 0.3) is 0 Å². The highest BCUT2D eigenvalue weighted by molar-refractivity contribution is 7.98. The summed E-state index contributed by atoms with van der Waals surface area (Å²) in [4.78, 5) is 11.1. The van der Waals surface area contributed by atoms with E-state index in [-0.39, 0.29) is 0 Å². The van der Waals surface area contributed by atoms with E-state index in [2.05, 4.69) is 16.9 Å². The average molecular weight is 224 g/mol. The predicted molar refractivity (Wildman–Crippen MR) is 64.1 cm³/mol. The zero-order valence-corrected chi connectivity index (χ0v) is 9.97. The molecule has 82 valence electrons. The summed E-state index contributed by atoms with van der Waals surface area (Å²) in [5.41, 5.74) is 9.16. The molecule has 0 saturated carbocycles. The van der Waals surface area contributed by atoms with Crippen LogP contribution in [0, 0.1) is 6.92 Å². The maximum Gasteiger partial charge on any atom is 0.225 e. The summed E-state index contributed by atoms with van der Waals surface area (Å²) in [7, 11) is 1.98. The fraction of sp³-hybridized carbons (Fsp3) is 0.600. The van der Waals surface area contributed by atoms with Gasteiger partial charge in [0.2, 0.25) is 5.95 Å². The van der Waals surface area contributed by atoms with Gasteiger partial charge in [-0.3, -0.25) is 0 Å². The van der Waals surface area contributed by atoms with Gasteiger partial charge in [-0.2, -0.15) is 11.8 Å². The van der Waals surface area contributed by atoms with Crippen LogP contribution in [0.3, 0.4) is 0 Å². The Morgan fingerprint density at radius 3 is 2.93 bits per heavy atom. The number of aryl methyl sites for hydroxylation is 1. The Labute approximate surface area is 94.3 Å². The molecule has 1 aliphatic rings. The van der Waals surface area contributed by atoms with Crippen molar-refractivity contribution < 1.29 is 0 Å². The molecule has 0 saturated heterocycles. The van der Waals surface area contributed by atoms with Crippen LogP contribution in [-0.4, -0.2) is 30.1 Å². The van der Waals surface area contributed by atoms with Gasteiger partial charge >= 0.3 is 0 Å². The van der Waals surface area contributed by atoms with Crippen molar-refractivity contribution in [3.8, 4) is 0 Å². The van der Waals surface area contributed by atoms with Crippen molar-refractivity contribution in [2.24, 2.45) is 5.73 Å². The van der Waals surface area contributed by atoms with Crippen molar-refractivity contribution in [2.45, 2.75) is 18.4 Å². The zero-order chi connectivity index (χ0) is 10.8. The Morgan fingerprint density at radius 2 is 2.20 bits per heavy atom. The summed E-state index contributed by atoms with van der Waals surface area (Å²) in [6.07, 6.45) is 0. The maximum atomic E-state index is 5.52. The van der Waals surface area contributed by atoms with E-state index in [4.69, 9.17) is 5.73 Å². The van der Waals surface area contributed by atoms with E-state index in [1.165, 1.54) is 11.3 Å². The molecule has 0 radical (unpaired) electrons. The highest BCUT2D eigenvalue weighted by Gasteiger charge is 2.18. The third-order valence-corrected chi connectivity index (χ3v) is 3.55. The van der Waals surface area contributed by atoms with E-state index in [0.717, 1.165) is 29.7 Å². The van der Waals surface area contributed by atoms with Gasteiger partial charge < -0.3 is 10.6 Å². The number of thioether (sulfide) groups is 1. The summed E-state index contributed by atoms with van der Waals surface area (Å²) < 4.78 is 0. The molecule has 4 nitrogen and oxygen atoms in total. The summed E-state index contributed by atoms with van der Waals surface area (Å²) in [5.74, 6) is 2.88. The molecular formula is C10H16N4S. The molecule has 2 heterocycles.